The van der Waals surface area contributed by atoms with Gasteiger partial charge in [-0.2, -0.15) is 0 Å². The molecule has 0 aromatic heterocycles. The highest BCUT2D eigenvalue weighted by molar-refractivity contribution is 7.89. The van der Waals surface area contributed by atoms with E-state index in [2.05, 4.69) is 15.4 Å². The molecule has 0 unspecified atom stereocenters. The molecule has 0 spiro atoms. The third-order valence-corrected chi connectivity index (χ3v) is 5.26. The summed E-state index contributed by atoms with van der Waals surface area (Å²) in [6.45, 7) is 3.19. The maximum atomic E-state index is 12.1. The highest BCUT2D eigenvalue weighted by Gasteiger charge is 2.15. The van der Waals surface area contributed by atoms with E-state index in [-0.39, 0.29) is 11.4 Å². The summed E-state index contributed by atoms with van der Waals surface area (Å²) in [6, 6.07) is 13.7. The van der Waals surface area contributed by atoms with Gasteiger partial charge in [-0.1, -0.05) is 36.8 Å². The van der Waals surface area contributed by atoms with Gasteiger partial charge >= 0.3 is 0 Å². The van der Waals surface area contributed by atoms with Crippen LogP contribution in [0.15, 0.2) is 53.4 Å². The number of amides is 2. The number of aryl methyl sites for hydroxylation is 2. The number of benzene rings is 2. The molecule has 0 aliphatic carbocycles. The normalized spacial score (nSPS) is 11.0. The number of nitrogens with one attached hydrogen (secondary N) is 3. The molecule has 0 radical (unpaired) electrons. The Kier molecular flexibility index (Phi) is 7.09. The number of carbonyl (C=O) groups excluding carboxylic acids is 2. The monoisotopic (exact) mass is 389 g/mol. The van der Waals surface area contributed by atoms with Crippen molar-refractivity contribution in [3.05, 3.63) is 59.7 Å². The second-order valence-corrected chi connectivity index (χ2v) is 7.78. The molecular weight excluding hydrogens is 366 g/mol. The van der Waals surface area contributed by atoms with Gasteiger partial charge in [0.25, 0.3) is 0 Å². The fourth-order valence-electron chi connectivity index (χ4n) is 2.23. The smallest absolute Gasteiger partial charge is 0.243 e. The van der Waals surface area contributed by atoms with Crippen molar-refractivity contribution < 1.29 is 18.0 Å². The number of anilines is 1. The van der Waals surface area contributed by atoms with E-state index in [1.54, 1.807) is 24.3 Å². The van der Waals surface area contributed by atoms with Crippen LogP contribution >= 0.6 is 0 Å². The van der Waals surface area contributed by atoms with E-state index in [1.165, 1.54) is 12.1 Å². The third-order valence-electron chi connectivity index (χ3n) is 3.85. The Hall–Kier alpha value is -2.71. The predicted molar refractivity (Wildman–Crippen MR) is 104 cm³/mol. The van der Waals surface area contributed by atoms with E-state index in [4.69, 9.17) is 0 Å². The van der Waals surface area contributed by atoms with E-state index in [9.17, 15) is 18.0 Å². The zero-order valence-corrected chi connectivity index (χ0v) is 16.1. The fraction of sp³-hybridized carbons (Fsp3) is 0.263. The molecule has 0 aliphatic rings. The first-order valence-electron chi connectivity index (χ1n) is 8.52. The molecular formula is C19H23N3O4S. The van der Waals surface area contributed by atoms with E-state index in [1.807, 2.05) is 26.0 Å². The number of rotatable bonds is 8. The predicted octanol–water partition coefficient (Wildman–Crippen LogP) is 1.59. The second kappa shape index (κ2) is 9.29. The van der Waals surface area contributed by atoms with Crippen molar-refractivity contribution in [2.45, 2.75) is 25.2 Å². The van der Waals surface area contributed by atoms with Crippen LogP contribution in [0.25, 0.3) is 0 Å². The van der Waals surface area contributed by atoms with Crippen LogP contribution < -0.4 is 15.4 Å². The molecule has 0 saturated heterocycles. The maximum Gasteiger partial charge on any atom is 0.243 e. The molecule has 144 valence electrons. The minimum absolute atomic E-state index is 0.0779. The fourth-order valence-corrected chi connectivity index (χ4v) is 3.21. The van der Waals surface area contributed by atoms with Gasteiger partial charge in [0.05, 0.1) is 18.0 Å². The minimum Gasteiger partial charge on any atom is -0.346 e. The third kappa shape index (κ3) is 6.50. The molecule has 2 amide bonds. The zero-order chi connectivity index (χ0) is 19.9. The lowest BCUT2D eigenvalue weighted by Crippen LogP contribution is -2.40. The zero-order valence-electron chi connectivity index (χ0n) is 15.3. The Labute approximate surface area is 159 Å². The Bertz CT molecular complexity index is 892. The van der Waals surface area contributed by atoms with Crippen LogP contribution in [0.1, 0.15) is 18.1 Å². The van der Waals surface area contributed by atoms with E-state index >= 15 is 0 Å². The summed E-state index contributed by atoms with van der Waals surface area (Å²) in [6.07, 6.45) is 0.906. The Balaban J connectivity index is 1.78. The maximum absolute atomic E-state index is 12.1. The summed E-state index contributed by atoms with van der Waals surface area (Å²) < 4.78 is 26.4. The molecule has 3 N–H and O–H groups in total. The highest BCUT2D eigenvalue weighted by Crippen LogP contribution is 2.10. The molecule has 0 aliphatic heterocycles. The Morgan fingerprint density at radius 3 is 2.11 bits per heavy atom. The Morgan fingerprint density at radius 2 is 1.52 bits per heavy atom. The second-order valence-electron chi connectivity index (χ2n) is 6.01. The number of hydrogen-bond acceptors (Lipinski definition) is 4. The molecule has 0 fully saturated rings. The molecule has 8 heteroatoms. The highest BCUT2D eigenvalue weighted by atomic mass is 32.2. The van der Waals surface area contributed by atoms with E-state index in [0.717, 1.165) is 17.5 Å². The molecule has 7 nitrogen and oxygen atoms in total. The largest absolute Gasteiger partial charge is 0.346 e. The van der Waals surface area contributed by atoms with Gasteiger partial charge in [-0.25, -0.2) is 13.1 Å². The summed E-state index contributed by atoms with van der Waals surface area (Å²) in [7, 11) is -3.78. The van der Waals surface area contributed by atoms with Crippen LogP contribution in [0.3, 0.4) is 0 Å². The summed E-state index contributed by atoms with van der Waals surface area (Å²) >= 11 is 0. The van der Waals surface area contributed by atoms with Crippen LogP contribution in [0, 0.1) is 6.92 Å². The van der Waals surface area contributed by atoms with Gasteiger partial charge in [0, 0.05) is 5.69 Å². The van der Waals surface area contributed by atoms with Crippen LogP contribution in [0.4, 0.5) is 5.69 Å². The van der Waals surface area contributed by atoms with Crippen LogP contribution in [-0.2, 0) is 26.0 Å². The topological polar surface area (TPSA) is 104 Å². The molecule has 0 atom stereocenters. The molecule has 0 bridgehead atoms. The van der Waals surface area contributed by atoms with Crippen molar-refractivity contribution in [2.75, 3.05) is 18.4 Å². The van der Waals surface area contributed by atoms with Gasteiger partial charge in [0.15, 0.2) is 0 Å². The first-order chi connectivity index (χ1) is 12.8. The van der Waals surface area contributed by atoms with Crippen LogP contribution in [-0.4, -0.2) is 33.3 Å². The van der Waals surface area contributed by atoms with E-state index < -0.39 is 28.4 Å². The summed E-state index contributed by atoms with van der Waals surface area (Å²) in [5.74, 6) is -0.990. The van der Waals surface area contributed by atoms with Crippen molar-refractivity contribution in [1.29, 1.82) is 0 Å². The van der Waals surface area contributed by atoms with Crippen molar-refractivity contribution in [2.24, 2.45) is 0 Å². The molecule has 0 heterocycles. The van der Waals surface area contributed by atoms with Crippen LogP contribution in [0.5, 0.6) is 0 Å². The molecule has 27 heavy (non-hydrogen) atoms. The molecule has 2 rings (SSSR count). The SMILES string of the molecule is CCc1ccc(NC(=O)CNC(=O)CNS(=O)(=O)c2ccc(C)cc2)cc1. The van der Waals surface area contributed by atoms with Gasteiger partial charge in [-0.15, -0.1) is 0 Å². The number of sulfonamides is 1. The molecule has 2 aromatic carbocycles. The van der Waals surface area contributed by atoms with Gasteiger partial charge in [0.1, 0.15) is 0 Å². The van der Waals surface area contributed by atoms with Gasteiger partial charge in [0.2, 0.25) is 21.8 Å². The average molecular weight is 389 g/mol. The van der Waals surface area contributed by atoms with Crippen LogP contribution in [0.2, 0.25) is 0 Å². The lowest BCUT2D eigenvalue weighted by Gasteiger charge is -2.09. The molecule has 2 aromatic rings. The van der Waals surface area contributed by atoms with Gasteiger partial charge in [-0.05, 0) is 43.2 Å². The lowest BCUT2D eigenvalue weighted by atomic mass is 10.1. The minimum atomic E-state index is -3.78. The van der Waals surface area contributed by atoms with Crippen molar-refractivity contribution in [3.63, 3.8) is 0 Å². The van der Waals surface area contributed by atoms with Gasteiger partial charge < -0.3 is 10.6 Å². The van der Waals surface area contributed by atoms with Crippen molar-refractivity contribution in [1.82, 2.24) is 10.0 Å². The Morgan fingerprint density at radius 1 is 0.889 bits per heavy atom. The first kappa shape index (κ1) is 20.6. The van der Waals surface area contributed by atoms with Gasteiger partial charge in [-0.3, -0.25) is 9.59 Å². The summed E-state index contributed by atoms with van der Waals surface area (Å²) in [4.78, 5) is 23.7. The average Bonchev–Trinajstić information content (AvgIpc) is 2.66. The number of hydrogen-bond donors (Lipinski definition) is 3. The summed E-state index contributed by atoms with van der Waals surface area (Å²) in [5, 5.41) is 5.04. The quantitative estimate of drug-likeness (QED) is 0.638. The lowest BCUT2D eigenvalue weighted by molar-refractivity contribution is -0.123. The summed E-state index contributed by atoms with van der Waals surface area (Å²) in [5.41, 5.74) is 2.72. The van der Waals surface area contributed by atoms with Crippen molar-refractivity contribution in [3.8, 4) is 0 Å². The van der Waals surface area contributed by atoms with Crippen molar-refractivity contribution >= 4 is 27.5 Å². The van der Waals surface area contributed by atoms with E-state index in [0.29, 0.717) is 5.69 Å². The molecule has 0 saturated carbocycles. The first-order valence-corrected chi connectivity index (χ1v) is 10.0. The standard InChI is InChI=1S/C19H23N3O4S/c1-3-15-6-8-16(9-7-15)22-19(24)12-20-18(23)13-21-27(25,26)17-10-4-14(2)5-11-17/h4-11,21H,3,12-13H2,1-2H3,(H,20,23)(H,22,24). The number of carbonyl (C=O) groups is 2.